The van der Waals surface area contributed by atoms with Gasteiger partial charge in [0.1, 0.15) is 6.54 Å². The fourth-order valence-electron chi connectivity index (χ4n) is 0.963. The molecule has 0 bridgehead atoms. The van der Waals surface area contributed by atoms with Crippen molar-refractivity contribution in [3.05, 3.63) is 34.2 Å². The molecule has 0 atom stereocenters. The Kier molecular flexibility index (Phi) is 2.73. The van der Waals surface area contributed by atoms with Crippen LogP contribution >= 0.6 is 0 Å². The number of nitrogens with zero attached hydrogens (tertiary/aromatic N) is 1. The second-order valence-electron chi connectivity index (χ2n) is 2.63. The number of carbonyl (C=O) groups is 1. The van der Waals surface area contributed by atoms with Crippen LogP contribution in [-0.4, -0.2) is 17.0 Å². The van der Waals surface area contributed by atoms with E-state index in [4.69, 9.17) is 0 Å². The van der Waals surface area contributed by atoms with Crippen LogP contribution < -0.4 is 5.56 Å². The summed E-state index contributed by atoms with van der Waals surface area (Å²) in [6, 6.07) is 2.39. The van der Waals surface area contributed by atoms with Crippen molar-refractivity contribution in [2.75, 3.05) is 0 Å². The van der Waals surface area contributed by atoms with Gasteiger partial charge in [-0.2, -0.15) is 13.2 Å². The first-order valence-electron chi connectivity index (χ1n) is 3.65. The van der Waals surface area contributed by atoms with Gasteiger partial charge in [0, 0.05) is 6.20 Å². The normalized spacial score (nSPS) is 11.4. The Morgan fingerprint density at radius 1 is 1.43 bits per heavy atom. The third kappa shape index (κ3) is 2.45. The highest BCUT2D eigenvalue weighted by molar-refractivity contribution is 5.73. The number of pyridine rings is 1. The Labute approximate surface area is 76.8 Å². The molecule has 0 amide bonds. The maximum Gasteiger partial charge on any atom is 0.406 e. The number of hydrogen-bond donors (Lipinski definition) is 0. The Morgan fingerprint density at radius 3 is 2.57 bits per heavy atom. The molecule has 0 saturated carbocycles. The molecule has 14 heavy (non-hydrogen) atoms. The maximum absolute atomic E-state index is 11.9. The zero-order valence-corrected chi connectivity index (χ0v) is 6.91. The van der Waals surface area contributed by atoms with Crippen LogP contribution in [0.15, 0.2) is 23.1 Å². The second kappa shape index (κ2) is 3.65. The molecule has 0 radical (unpaired) electrons. The topological polar surface area (TPSA) is 39.1 Å². The van der Waals surface area contributed by atoms with E-state index in [1.54, 1.807) is 0 Å². The Balaban J connectivity index is 3.11. The highest BCUT2D eigenvalue weighted by Crippen LogP contribution is 2.16. The molecule has 1 aromatic rings. The van der Waals surface area contributed by atoms with Gasteiger partial charge >= 0.3 is 6.18 Å². The van der Waals surface area contributed by atoms with Crippen LogP contribution in [0, 0.1) is 0 Å². The summed E-state index contributed by atoms with van der Waals surface area (Å²) in [4.78, 5) is 21.4. The van der Waals surface area contributed by atoms with Crippen LogP contribution in [0.25, 0.3) is 0 Å². The first-order valence-corrected chi connectivity index (χ1v) is 3.65. The van der Waals surface area contributed by atoms with Crippen LogP contribution in [0.2, 0.25) is 0 Å². The number of hydrogen-bond acceptors (Lipinski definition) is 2. The molecule has 0 aliphatic heterocycles. The summed E-state index contributed by atoms with van der Waals surface area (Å²) >= 11 is 0. The van der Waals surface area contributed by atoms with Crippen molar-refractivity contribution < 1.29 is 18.0 Å². The van der Waals surface area contributed by atoms with Gasteiger partial charge in [-0.15, -0.1) is 0 Å². The van der Waals surface area contributed by atoms with E-state index in [-0.39, 0.29) is 11.8 Å². The molecule has 0 saturated heterocycles. The first kappa shape index (κ1) is 10.5. The minimum atomic E-state index is -4.47. The first-order chi connectivity index (χ1) is 6.44. The van der Waals surface area contributed by atoms with Gasteiger partial charge in [-0.3, -0.25) is 9.59 Å². The van der Waals surface area contributed by atoms with Crippen LogP contribution in [0.4, 0.5) is 13.2 Å². The highest BCUT2D eigenvalue weighted by Gasteiger charge is 2.28. The molecule has 0 unspecified atom stereocenters. The number of carbonyl (C=O) groups excluding carboxylic acids is 1. The lowest BCUT2D eigenvalue weighted by atomic mass is 10.3. The molecular formula is C8H6F3NO2. The SMILES string of the molecule is O=Cc1cccn(CC(F)(F)F)c1=O. The lowest BCUT2D eigenvalue weighted by Gasteiger charge is -2.08. The van der Waals surface area contributed by atoms with Crippen molar-refractivity contribution in [2.24, 2.45) is 0 Å². The number of alkyl halides is 3. The van der Waals surface area contributed by atoms with E-state index in [2.05, 4.69) is 0 Å². The third-order valence-corrected chi connectivity index (χ3v) is 1.53. The summed E-state index contributed by atoms with van der Waals surface area (Å²) in [7, 11) is 0. The van der Waals surface area contributed by atoms with E-state index in [0.717, 1.165) is 6.20 Å². The molecule has 0 spiro atoms. The van der Waals surface area contributed by atoms with Crippen molar-refractivity contribution in [1.82, 2.24) is 4.57 Å². The largest absolute Gasteiger partial charge is 0.406 e. The highest BCUT2D eigenvalue weighted by atomic mass is 19.4. The summed E-state index contributed by atoms with van der Waals surface area (Å²) < 4.78 is 36.2. The van der Waals surface area contributed by atoms with Gasteiger partial charge in [0.15, 0.2) is 6.29 Å². The van der Waals surface area contributed by atoms with Crippen LogP contribution in [0.5, 0.6) is 0 Å². The van der Waals surface area contributed by atoms with Crippen LogP contribution in [0.1, 0.15) is 10.4 Å². The van der Waals surface area contributed by atoms with Crippen LogP contribution in [0.3, 0.4) is 0 Å². The number of aromatic nitrogens is 1. The average Bonchev–Trinajstić information content (AvgIpc) is 2.06. The summed E-state index contributed by atoms with van der Waals surface area (Å²) in [5, 5.41) is 0. The molecule has 0 fully saturated rings. The van der Waals surface area contributed by atoms with Gasteiger partial charge in [-0.05, 0) is 12.1 Å². The van der Waals surface area contributed by atoms with Gasteiger partial charge in [-0.1, -0.05) is 0 Å². The lowest BCUT2D eigenvalue weighted by Crippen LogP contribution is -2.29. The van der Waals surface area contributed by atoms with E-state index in [1.807, 2.05) is 0 Å². The average molecular weight is 205 g/mol. The summed E-state index contributed by atoms with van der Waals surface area (Å²) in [6.07, 6.45) is -3.25. The zero-order valence-electron chi connectivity index (χ0n) is 6.91. The monoisotopic (exact) mass is 205 g/mol. The molecule has 1 rings (SSSR count). The number of halogens is 3. The molecule has 0 N–H and O–H groups in total. The number of rotatable bonds is 2. The Morgan fingerprint density at radius 2 is 2.07 bits per heavy atom. The Bertz CT molecular complexity index is 394. The smallest absolute Gasteiger partial charge is 0.306 e. The molecule has 0 aromatic carbocycles. The molecular weight excluding hydrogens is 199 g/mol. The Hall–Kier alpha value is -1.59. The molecule has 0 aliphatic carbocycles. The zero-order chi connectivity index (χ0) is 10.8. The summed E-state index contributed by atoms with van der Waals surface area (Å²) in [6.45, 7) is -1.38. The van der Waals surface area contributed by atoms with Crippen molar-refractivity contribution >= 4 is 6.29 Å². The molecule has 76 valence electrons. The van der Waals surface area contributed by atoms with Gasteiger partial charge in [0.05, 0.1) is 5.56 Å². The molecule has 1 aromatic heterocycles. The van der Waals surface area contributed by atoms with E-state index >= 15 is 0 Å². The fraction of sp³-hybridized carbons (Fsp3) is 0.250. The molecule has 0 aliphatic rings. The third-order valence-electron chi connectivity index (χ3n) is 1.53. The van der Waals surface area contributed by atoms with Crippen molar-refractivity contribution in [2.45, 2.75) is 12.7 Å². The van der Waals surface area contributed by atoms with Gasteiger partial charge in [0.25, 0.3) is 5.56 Å². The maximum atomic E-state index is 11.9. The van der Waals surface area contributed by atoms with E-state index in [0.29, 0.717) is 4.57 Å². The second-order valence-corrected chi connectivity index (χ2v) is 2.63. The minimum absolute atomic E-state index is 0.231. The molecule has 3 nitrogen and oxygen atoms in total. The summed E-state index contributed by atoms with van der Waals surface area (Å²) in [5.41, 5.74) is -1.21. The van der Waals surface area contributed by atoms with Gasteiger partial charge < -0.3 is 4.57 Å². The van der Waals surface area contributed by atoms with Crippen molar-refractivity contribution in [3.63, 3.8) is 0 Å². The quantitative estimate of drug-likeness (QED) is 0.681. The number of aldehydes is 1. The van der Waals surface area contributed by atoms with E-state index in [9.17, 15) is 22.8 Å². The molecule has 1 heterocycles. The van der Waals surface area contributed by atoms with Crippen LogP contribution in [-0.2, 0) is 6.54 Å². The predicted molar refractivity (Wildman–Crippen MR) is 42.1 cm³/mol. The predicted octanol–water partition coefficient (Wildman–Crippen LogP) is 1.22. The van der Waals surface area contributed by atoms with Crippen molar-refractivity contribution in [3.8, 4) is 0 Å². The van der Waals surface area contributed by atoms with Gasteiger partial charge in [-0.25, -0.2) is 0 Å². The summed E-state index contributed by atoms with van der Waals surface area (Å²) in [5.74, 6) is 0. The van der Waals surface area contributed by atoms with Gasteiger partial charge in [0.2, 0.25) is 0 Å². The van der Waals surface area contributed by atoms with E-state index < -0.39 is 18.3 Å². The minimum Gasteiger partial charge on any atom is -0.306 e. The van der Waals surface area contributed by atoms with E-state index in [1.165, 1.54) is 12.1 Å². The fourth-order valence-corrected chi connectivity index (χ4v) is 0.963. The molecule has 6 heteroatoms. The standard InChI is InChI=1S/C8H6F3NO2/c9-8(10,11)5-12-3-1-2-6(4-13)7(12)14/h1-4H,5H2. The lowest BCUT2D eigenvalue weighted by molar-refractivity contribution is -0.141. The van der Waals surface area contributed by atoms with Crippen molar-refractivity contribution in [1.29, 1.82) is 0 Å².